The first-order chi connectivity index (χ1) is 7.00. The molecule has 2 N–H and O–H groups in total. The fourth-order valence-electron chi connectivity index (χ4n) is 1.43. The highest BCUT2D eigenvalue weighted by Crippen LogP contribution is 2.09. The van der Waals surface area contributed by atoms with Crippen LogP contribution in [0, 0.1) is 5.92 Å². The molecule has 0 saturated heterocycles. The van der Waals surface area contributed by atoms with E-state index in [-0.39, 0.29) is 5.43 Å². The van der Waals surface area contributed by atoms with Gasteiger partial charge in [0, 0.05) is 18.9 Å². The first-order valence-electron chi connectivity index (χ1n) is 5.15. The number of aromatic nitrogens is 1. The predicted octanol–water partition coefficient (Wildman–Crippen LogP) is 2.63. The summed E-state index contributed by atoms with van der Waals surface area (Å²) in [4.78, 5) is 11.3. The lowest BCUT2D eigenvalue weighted by molar-refractivity contribution is 0.511. The monoisotopic (exact) mass is 272 g/mol. The van der Waals surface area contributed by atoms with Crippen LogP contribution < -0.4 is 11.2 Å². The van der Waals surface area contributed by atoms with Gasteiger partial charge in [-0.1, -0.05) is 13.8 Å². The van der Waals surface area contributed by atoms with E-state index in [0.717, 1.165) is 13.0 Å². The van der Waals surface area contributed by atoms with Crippen molar-refractivity contribution in [3.8, 4) is 0 Å². The summed E-state index contributed by atoms with van der Waals surface area (Å²) >= 11 is 3.20. The van der Waals surface area contributed by atoms with E-state index in [0.29, 0.717) is 16.1 Å². The third-order valence-electron chi connectivity index (χ3n) is 2.26. The van der Waals surface area contributed by atoms with Crippen molar-refractivity contribution in [2.75, 3.05) is 5.73 Å². The van der Waals surface area contributed by atoms with Crippen molar-refractivity contribution in [3.05, 3.63) is 27.1 Å². The molecule has 0 unspecified atom stereocenters. The van der Waals surface area contributed by atoms with E-state index < -0.39 is 0 Å². The van der Waals surface area contributed by atoms with Crippen LogP contribution in [0.15, 0.2) is 21.7 Å². The molecular formula is C11H17BrN2O. The number of anilines is 1. The number of halogens is 1. The maximum atomic E-state index is 11.3. The minimum atomic E-state index is -0.130. The maximum absolute atomic E-state index is 11.3. The highest BCUT2D eigenvalue weighted by Gasteiger charge is 2.02. The van der Waals surface area contributed by atoms with Gasteiger partial charge in [0.25, 0.3) is 0 Å². The van der Waals surface area contributed by atoms with E-state index in [4.69, 9.17) is 5.73 Å². The molecule has 0 aliphatic heterocycles. The van der Waals surface area contributed by atoms with Crippen LogP contribution in [0.4, 0.5) is 5.69 Å². The van der Waals surface area contributed by atoms with Gasteiger partial charge >= 0.3 is 0 Å². The zero-order chi connectivity index (χ0) is 11.4. The van der Waals surface area contributed by atoms with Crippen LogP contribution >= 0.6 is 15.9 Å². The first-order valence-corrected chi connectivity index (χ1v) is 5.95. The van der Waals surface area contributed by atoms with Crippen molar-refractivity contribution in [1.29, 1.82) is 0 Å². The third-order valence-corrected chi connectivity index (χ3v) is 2.83. The summed E-state index contributed by atoms with van der Waals surface area (Å²) in [5.41, 5.74) is 5.76. The lowest BCUT2D eigenvalue weighted by Crippen LogP contribution is -2.13. The van der Waals surface area contributed by atoms with Crippen molar-refractivity contribution in [3.63, 3.8) is 0 Å². The molecule has 0 fully saturated rings. The van der Waals surface area contributed by atoms with Crippen LogP contribution in [0.3, 0.4) is 0 Å². The third kappa shape index (κ3) is 3.70. The maximum Gasteiger partial charge on any atom is 0.218 e. The van der Waals surface area contributed by atoms with E-state index in [1.54, 1.807) is 12.4 Å². The second-order valence-electron chi connectivity index (χ2n) is 4.16. The Morgan fingerprint density at radius 2 is 2.13 bits per heavy atom. The van der Waals surface area contributed by atoms with Crippen LogP contribution in [0.25, 0.3) is 0 Å². The largest absolute Gasteiger partial charge is 0.394 e. The molecule has 15 heavy (non-hydrogen) atoms. The molecule has 0 bridgehead atoms. The van der Waals surface area contributed by atoms with Gasteiger partial charge in [-0.25, -0.2) is 0 Å². The highest BCUT2D eigenvalue weighted by molar-refractivity contribution is 9.10. The van der Waals surface area contributed by atoms with Gasteiger partial charge in [0.05, 0.1) is 10.2 Å². The number of nitrogens with two attached hydrogens (primary N) is 1. The fourth-order valence-corrected chi connectivity index (χ4v) is 1.92. The summed E-state index contributed by atoms with van der Waals surface area (Å²) in [6.45, 7) is 5.31. The number of hydrogen-bond donors (Lipinski definition) is 1. The minimum Gasteiger partial charge on any atom is -0.394 e. The molecule has 0 aliphatic carbocycles. The fraction of sp³-hybridized carbons (Fsp3) is 0.545. The van der Waals surface area contributed by atoms with Gasteiger partial charge in [-0.2, -0.15) is 0 Å². The zero-order valence-corrected chi connectivity index (χ0v) is 10.8. The Kier molecular flexibility index (Phi) is 4.39. The second kappa shape index (κ2) is 5.35. The molecule has 0 atom stereocenters. The Balaban J connectivity index is 2.67. The molecule has 1 aromatic rings. The van der Waals surface area contributed by atoms with Gasteiger partial charge < -0.3 is 10.3 Å². The minimum absolute atomic E-state index is 0.130. The molecule has 84 valence electrons. The highest BCUT2D eigenvalue weighted by atomic mass is 79.9. The Morgan fingerprint density at radius 1 is 1.47 bits per heavy atom. The molecule has 4 heteroatoms. The summed E-state index contributed by atoms with van der Waals surface area (Å²) in [7, 11) is 0. The van der Waals surface area contributed by atoms with Crippen molar-refractivity contribution in [2.45, 2.75) is 33.2 Å². The van der Waals surface area contributed by atoms with Gasteiger partial charge in [-0.15, -0.1) is 0 Å². The predicted molar refractivity (Wildman–Crippen MR) is 66.9 cm³/mol. The smallest absolute Gasteiger partial charge is 0.218 e. The number of nitrogens with zero attached hydrogens (tertiary/aromatic N) is 1. The molecular weight excluding hydrogens is 256 g/mol. The summed E-state index contributed by atoms with van der Waals surface area (Å²) in [5.74, 6) is 0.713. The van der Waals surface area contributed by atoms with E-state index >= 15 is 0 Å². The Labute approximate surface area is 98.4 Å². The number of rotatable bonds is 4. The standard InChI is InChI=1S/C11H17BrN2O/c1-8(2)4-3-5-14-6-9(12)11(15)10(13)7-14/h6-8H,3-5,13H2,1-2H3. The molecule has 0 amide bonds. The lowest BCUT2D eigenvalue weighted by Gasteiger charge is -2.09. The van der Waals surface area contributed by atoms with Crippen molar-refractivity contribution >= 4 is 21.6 Å². The van der Waals surface area contributed by atoms with Crippen LogP contribution in [0.1, 0.15) is 26.7 Å². The Morgan fingerprint density at radius 3 is 2.67 bits per heavy atom. The normalized spacial score (nSPS) is 10.9. The molecule has 0 aromatic carbocycles. The van der Waals surface area contributed by atoms with Crippen LogP contribution in [0.5, 0.6) is 0 Å². The second-order valence-corrected chi connectivity index (χ2v) is 5.02. The first kappa shape index (κ1) is 12.3. The average molecular weight is 273 g/mol. The van der Waals surface area contributed by atoms with Gasteiger partial charge in [-0.3, -0.25) is 4.79 Å². The molecule has 0 saturated carbocycles. The van der Waals surface area contributed by atoms with E-state index in [9.17, 15) is 4.79 Å². The Bertz CT molecular complexity index is 358. The van der Waals surface area contributed by atoms with Crippen LogP contribution in [-0.4, -0.2) is 4.57 Å². The molecule has 0 spiro atoms. The van der Waals surface area contributed by atoms with Crippen molar-refractivity contribution in [1.82, 2.24) is 4.57 Å². The van der Waals surface area contributed by atoms with Gasteiger partial charge in [0.15, 0.2) is 0 Å². The van der Waals surface area contributed by atoms with Crippen LogP contribution in [-0.2, 0) is 6.54 Å². The van der Waals surface area contributed by atoms with Gasteiger partial charge in [0.1, 0.15) is 0 Å². The average Bonchev–Trinajstić information content (AvgIpc) is 2.13. The Hall–Kier alpha value is -0.770. The molecule has 1 heterocycles. The van der Waals surface area contributed by atoms with Crippen molar-refractivity contribution in [2.24, 2.45) is 5.92 Å². The summed E-state index contributed by atoms with van der Waals surface area (Å²) in [6.07, 6.45) is 5.78. The van der Waals surface area contributed by atoms with Crippen molar-refractivity contribution < 1.29 is 0 Å². The number of hydrogen-bond acceptors (Lipinski definition) is 2. The molecule has 0 radical (unpaired) electrons. The molecule has 1 rings (SSSR count). The van der Waals surface area contributed by atoms with E-state index in [1.165, 1.54) is 6.42 Å². The quantitative estimate of drug-likeness (QED) is 0.916. The number of aryl methyl sites for hydroxylation is 1. The summed E-state index contributed by atoms with van der Waals surface area (Å²) in [6, 6.07) is 0. The lowest BCUT2D eigenvalue weighted by atomic mass is 10.1. The number of pyridine rings is 1. The zero-order valence-electron chi connectivity index (χ0n) is 9.16. The molecule has 3 nitrogen and oxygen atoms in total. The van der Waals surface area contributed by atoms with Crippen LogP contribution in [0.2, 0.25) is 0 Å². The van der Waals surface area contributed by atoms with E-state index in [1.807, 2.05) is 4.57 Å². The van der Waals surface area contributed by atoms with Gasteiger partial charge in [-0.05, 0) is 34.7 Å². The SMILES string of the molecule is CC(C)CCCn1cc(N)c(=O)c(Br)c1. The van der Waals surface area contributed by atoms with E-state index in [2.05, 4.69) is 29.8 Å². The summed E-state index contributed by atoms with van der Waals surface area (Å²) < 4.78 is 2.50. The number of nitrogen functional groups attached to an aromatic ring is 1. The summed E-state index contributed by atoms with van der Waals surface area (Å²) in [5, 5.41) is 0. The topological polar surface area (TPSA) is 48.0 Å². The molecule has 1 aromatic heterocycles. The molecule has 0 aliphatic rings. The van der Waals surface area contributed by atoms with Gasteiger partial charge in [0.2, 0.25) is 5.43 Å².